The summed E-state index contributed by atoms with van der Waals surface area (Å²) in [5, 5.41) is 3.17. The summed E-state index contributed by atoms with van der Waals surface area (Å²) in [4.78, 5) is 11.4. The minimum Gasteiger partial charge on any atom is -0.370 e. The monoisotopic (exact) mass is 351 g/mol. The number of piperidine rings is 1. The maximum absolute atomic E-state index is 5.96. The van der Waals surface area contributed by atoms with Gasteiger partial charge in [0, 0.05) is 25.8 Å². The van der Waals surface area contributed by atoms with Crippen LogP contribution in [0, 0.1) is 5.92 Å². The van der Waals surface area contributed by atoms with E-state index in [2.05, 4.69) is 51.4 Å². The fourth-order valence-corrected chi connectivity index (χ4v) is 3.15. The molecular formula is C21H29N5. The summed E-state index contributed by atoms with van der Waals surface area (Å²) in [5.74, 6) is 2.38. The van der Waals surface area contributed by atoms with E-state index in [0.29, 0.717) is 12.5 Å². The van der Waals surface area contributed by atoms with Gasteiger partial charge in [0.25, 0.3) is 0 Å². The standard InChI is InChI=1S/C21H29N5/c1-17-10-13-26(14-11-17)20-8-7-19(15-24-20)16-25-21(22)23-12-9-18-5-3-2-4-6-18/h2-8,15,17H,9-14,16H2,1H3,(H3,22,23,25). The third kappa shape index (κ3) is 5.48. The van der Waals surface area contributed by atoms with Crippen LogP contribution in [0.25, 0.3) is 0 Å². The van der Waals surface area contributed by atoms with Gasteiger partial charge < -0.3 is 16.0 Å². The summed E-state index contributed by atoms with van der Waals surface area (Å²) in [6.07, 6.45) is 5.34. The molecule has 1 aromatic carbocycles. The molecule has 1 aliphatic heterocycles. The zero-order valence-electron chi connectivity index (χ0n) is 15.6. The molecule has 0 saturated carbocycles. The second kappa shape index (κ2) is 9.22. The van der Waals surface area contributed by atoms with Crippen molar-refractivity contribution >= 4 is 11.8 Å². The molecule has 2 aromatic rings. The predicted molar refractivity (Wildman–Crippen MR) is 108 cm³/mol. The van der Waals surface area contributed by atoms with Crippen molar-refractivity contribution in [2.24, 2.45) is 16.6 Å². The maximum Gasteiger partial charge on any atom is 0.188 e. The predicted octanol–water partition coefficient (Wildman–Crippen LogP) is 2.96. The zero-order valence-corrected chi connectivity index (χ0v) is 15.6. The molecule has 138 valence electrons. The molecule has 0 aliphatic carbocycles. The molecular weight excluding hydrogens is 322 g/mol. The Bertz CT molecular complexity index is 688. The van der Waals surface area contributed by atoms with E-state index in [0.717, 1.165) is 43.4 Å². The van der Waals surface area contributed by atoms with Gasteiger partial charge in [0.15, 0.2) is 5.96 Å². The Morgan fingerprint density at radius 3 is 2.62 bits per heavy atom. The van der Waals surface area contributed by atoms with Gasteiger partial charge in [0.05, 0.1) is 6.54 Å². The van der Waals surface area contributed by atoms with Crippen LogP contribution in [-0.2, 0) is 13.0 Å². The number of nitrogens with zero attached hydrogens (tertiary/aromatic N) is 3. The summed E-state index contributed by atoms with van der Waals surface area (Å²) in [7, 11) is 0. The molecule has 5 heteroatoms. The maximum atomic E-state index is 5.96. The molecule has 26 heavy (non-hydrogen) atoms. The first-order chi connectivity index (χ1) is 12.7. The van der Waals surface area contributed by atoms with Gasteiger partial charge in [0.2, 0.25) is 0 Å². The Balaban J connectivity index is 1.44. The highest BCUT2D eigenvalue weighted by molar-refractivity contribution is 5.77. The molecule has 0 bridgehead atoms. The number of nitrogens with one attached hydrogen (secondary N) is 1. The Morgan fingerprint density at radius 2 is 1.92 bits per heavy atom. The van der Waals surface area contributed by atoms with Crippen molar-refractivity contribution in [1.29, 1.82) is 0 Å². The van der Waals surface area contributed by atoms with Crippen LogP contribution in [0.5, 0.6) is 0 Å². The van der Waals surface area contributed by atoms with E-state index in [9.17, 15) is 0 Å². The van der Waals surface area contributed by atoms with Gasteiger partial charge in [-0.2, -0.15) is 0 Å². The number of pyridine rings is 1. The quantitative estimate of drug-likeness (QED) is 0.620. The Labute approximate surface area is 156 Å². The molecule has 5 nitrogen and oxygen atoms in total. The van der Waals surface area contributed by atoms with Crippen LogP contribution in [-0.4, -0.2) is 30.6 Å². The molecule has 0 radical (unpaired) electrons. The number of aromatic nitrogens is 1. The lowest BCUT2D eigenvalue weighted by atomic mass is 9.99. The normalized spacial score (nSPS) is 15.9. The summed E-state index contributed by atoms with van der Waals surface area (Å²) in [5.41, 5.74) is 8.32. The van der Waals surface area contributed by atoms with E-state index >= 15 is 0 Å². The number of hydrogen-bond acceptors (Lipinski definition) is 3. The molecule has 1 aromatic heterocycles. The van der Waals surface area contributed by atoms with Gasteiger partial charge in [-0.05, 0) is 42.4 Å². The first-order valence-corrected chi connectivity index (χ1v) is 9.48. The average molecular weight is 351 g/mol. The number of hydrogen-bond donors (Lipinski definition) is 2. The summed E-state index contributed by atoms with van der Waals surface area (Å²) in [6.45, 7) is 5.86. The van der Waals surface area contributed by atoms with Crippen LogP contribution < -0.4 is 16.0 Å². The van der Waals surface area contributed by atoms with Crippen molar-refractivity contribution in [1.82, 2.24) is 10.3 Å². The second-order valence-electron chi connectivity index (χ2n) is 7.06. The smallest absolute Gasteiger partial charge is 0.188 e. The van der Waals surface area contributed by atoms with Gasteiger partial charge in [-0.25, -0.2) is 9.98 Å². The molecule has 3 rings (SSSR count). The third-order valence-corrected chi connectivity index (χ3v) is 4.91. The largest absolute Gasteiger partial charge is 0.370 e. The van der Waals surface area contributed by atoms with Gasteiger partial charge in [-0.15, -0.1) is 0 Å². The number of anilines is 1. The molecule has 1 aliphatic rings. The first kappa shape index (κ1) is 18.2. The van der Waals surface area contributed by atoms with Crippen LogP contribution >= 0.6 is 0 Å². The third-order valence-electron chi connectivity index (χ3n) is 4.91. The zero-order chi connectivity index (χ0) is 18.2. The summed E-state index contributed by atoms with van der Waals surface area (Å²) >= 11 is 0. The minimum absolute atomic E-state index is 0.482. The average Bonchev–Trinajstić information content (AvgIpc) is 2.68. The van der Waals surface area contributed by atoms with Crippen LogP contribution in [0.2, 0.25) is 0 Å². The van der Waals surface area contributed by atoms with Crippen molar-refractivity contribution in [3.8, 4) is 0 Å². The second-order valence-corrected chi connectivity index (χ2v) is 7.06. The highest BCUT2D eigenvalue weighted by Gasteiger charge is 2.16. The lowest BCUT2D eigenvalue weighted by Crippen LogP contribution is -2.33. The van der Waals surface area contributed by atoms with Crippen LogP contribution in [0.4, 0.5) is 5.82 Å². The van der Waals surface area contributed by atoms with Gasteiger partial charge in [0.1, 0.15) is 5.82 Å². The van der Waals surface area contributed by atoms with Crippen LogP contribution in [0.15, 0.2) is 53.7 Å². The molecule has 3 N–H and O–H groups in total. The molecule has 1 fully saturated rings. The van der Waals surface area contributed by atoms with E-state index in [1.807, 2.05) is 24.4 Å². The molecule has 0 spiro atoms. The molecule has 0 atom stereocenters. The fraction of sp³-hybridized carbons (Fsp3) is 0.429. The van der Waals surface area contributed by atoms with E-state index in [-0.39, 0.29) is 0 Å². The Hall–Kier alpha value is -2.56. The number of benzene rings is 1. The summed E-state index contributed by atoms with van der Waals surface area (Å²) < 4.78 is 0. The van der Waals surface area contributed by atoms with Crippen molar-refractivity contribution in [3.05, 3.63) is 59.8 Å². The van der Waals surface area contributed by atoms with E-state index in [4.69, 9.17) is 5.73 Å². The number of aliphatic imine (C=N–C) groups is 1. The lowest BCUT2D eigenvalue weighted by molar-refractivity contribution is 0.436. The van der Waals surface area contributed by atoms with Crippen LogP contribution in [0.1, 0.15) is 30.9 Å². The van der Waals surface area contributed by atoms with Crippen molar-refractivity contribution in [2.45, 2.75) is 32.7 Å². The van der Waals surface area contributed by atoms with E-state index < -0.39 is 0 Å². The number of guanidine groups is 1. The molecule has 1 saturated heterocycles. The van der Waals surface area contributed by atoms with Crippen molar-refractivity contribution in [3.63, 3.8) is 0 Å². The van der Waals surface area contributed by atoms with Gasteiger partial charge in [-0.3, -0.25) is 0 Å². The SMILES string of the molecule is CC1CCN(c2ccc(CN=C(N)NCCc3ccccc3)cn2)CC1. The Kier molecular flexibility index (Phi) is 6.47. The van der Waals surface area contributed by atoms with Crippen molar-refractivity contribution in [2.75, 3.05) is 24.5 Å². The van der Waals surface area contributed by atoms with E-state index in [1.165, 1.54) is 18.4 Å². The Morgan fingerprint density at radius 1 is 1.15 bits per heavy atom. The number of nitrogens with two attached hydrogens (primary N) is 1. The van der Waals surface area contributed by atoms with Gasteiger partial charge >= 0.3 is 0 Å². The lowest BCUT2D eigenvalue weighted by Gasteiger charge is -2.31. The highest BCUT2D eigenvalue weighted by atomic mass is 15.2. The van der Waals surface area contributed by atoms with Crippen LogP contribution in [0.3, 0.4) is 0 Å². The molecule has 0 amide bonds. The fourth-order valence-electron chi connectivity index (χ4n) is 3.15. The van der Waals surface area contributed by atoms with Crippen molar-refractivity contribution < 1.29 is 0 Å². The summed E-state index contributed by atoms with van der Waals surface area (Å²) in [6, 6.07) is 14.6. The van der Waals surface area contributed by atoms with Gasteiger partial charge in [-0.1, -0.05) is 43.3 Å². The molecule has 2 heterocycles. The minimum atomic E-state index is 0.482. The number of rotatable bonds is 6. The van der Waals surface area contributed by atoms with E-state index in [1.54, 1.807) is 0 Å². The first-order valence-electron chi connectivity index (χ1n) is 9.48. The highest BCUT2D eigenvalue weighted by Crippen LogP contribution is 2.21. The topological polar surface area (TPSA) is 66.5 Å². The molecule has 0 unspecified atom stereocenters.